The van der Waals surface area contributed by atoms with Gasteiger partial charge in [0.05, 0.1) is 22.0 Å². The fourth-order valence-electron chi connectivity index (χ4n) is 6.18. The lowest BCUT2D eigenvalue weighted by atomic mass is 9.93. The maximum Gasteiger partial charge on any atom is 0.316 e. The summed E-state index contributed by atoms with van der Waals surface area (Å²) in [5.41, 5.74) is 9.05. The monoisotopic (exact) mass is 858 g/mol. The lowest BCUT2D eigenvalue weighted by Crippen LogP contribution is -2.26. The zero-order valence-electron chi connectivity index (χ0n) is 33.2. The number of aromatic nitrogens is 7. The third-order valence-electron chi connectivity index (χ3n) is 9.28. The van der Waals surface area contributed by atoms with E-state index in [1.807, 2.05) is 10.9 Å². The van der Waals surface area contributed by atoms with Gasteiger partial charge in [0.1, 0.15) is 42.6 Å². The van der Waals surface area contributed by atoms with E-state index in [0.717, 1.165) is 63.3 Å². The number of hydrogen-bond donors (Lipinski definition) is 0. The van der Waals surface area contributed by atoms with E-state index in [1.54, 1.807) is 61.2 Å². The van der Waals surface area contributed by atoms with Crippen molar-refractivity contribution in [3.8, 4) is 35.9 Å². The Hall–Kier alpha value is -6.29. The van der Waals surface area contributed by atoms with Crippen LogP contribution in [-0.4, -0.2) is 89.1 Å². The number of terminal acetylenes is 1. The molecule has 2 aromatic carbocycles. The van der Waals surface area contributed by atoms with E-state index in [0.29, 0.717) is 23.5 Å². The maximum atomic E-state index is 11.5. The van der Waals surface area contributed by atoms with Gasteiger partial charge in [0, 0.05) is 48.3 Å². The van der Waals surface area contributed by atoms with Gasteiger partial charge in [0.25, 0.3) is 0 Å². The Kier molecular flexibility index (Phi) is 16.6. The van der Waals surface area contributed by atoms with Gasteiger partial charge in [-0.1, -0.05) is 16.2 Å². The van der Waals surface area contributed by atoms with Crippen molar-refractivity contribution in [2.45, 2.75) is 92.1 Å². The highest BCUT2D eigenvalue weighted by atomic mass is 32.2. The van der Waals surface area contributed by atoms with Crippen LogP contribution in [0.2, 0.25) is 0 Å². The summed E-state index contributed by atoms with van der Waals surface area (Å²) in [7, 11) is -6.35. The molecule has 60 heavy (non-hydrogen) atoms. The highest BCUT2D eigenvalue weighted by Crippen LogP contribution is 2.30. The molecule has 0 unspecified atom stereocenters. The number of sulfone groups is 2. The minimum Gasteiger partial charge on any atom is -0.487 e. The predicted octanol–water partition coefficient (Wildman–Crippen LogP) is 6.19. The van der Waals surface area contributed by atoms with Gasteiger partial charge in [-0.25, -0.2) is 41.5 Å². The van der Waals surface area contributed by atoms with Crippen LogP contribution in [0.25, 0.3) is 10.4 Å². The second kappa shape index (κ2) is 22.2. The molecule has 0 spiro atoms. The fourth-order valence-corrected chi connectivity index (χ4v) is 7.44. The standard InChI is InChI=1S/C20H23N5O4S.C10H13N5O.C10H10O3S/c1-30(26,27)19-9-7-17(8-10-19)28-14-15-13-25(24-23-15)16-3-5-18(6-4-16)29-20-21-11-2-12-22-20;11-15-14-8-2-4-9(5-3-8)16-10-12-6-1-7-13-10;1-3-8-13-9-4-6-10(7-5-9)14(2,11)12/h2,7-13,16,18H,3-6,14H2,1H3;1,6-9H,2-5H2;1,4-7H,8H2,2H3. The van der Waals surface area contributed by atoms with Crippen LogP contribution in [0.5, 0.6) is 23.5 Å². The lowest BCUT2D eigenvalue weighted by Gasteiger charge is -2.27. The summed E-state index contributed by atoms with van der Waals surface area (Å²) in [4.78, 5) is 19.6. The van der Waals surface area contributed by atoms with E-state index >= 15 is 0 Å². The van der Waals surface area contributed by atoms with Gasteiger partial charge in [-0.05, 0) is 118 Å². The Balaban J connectivity index is 0.000000191. The summed E-state index contributed by atoms with van der Waals surface area (Å²) in [6.45, 7) is 0.445. The van der Waals surface area contributed by atoms with Crippen molar-refractivity contribution in [2.75, 3.05) is 19.1 Å². The summed E-state index contributed by atoms with van der Waals surface area (Å²) < 4.78 is 69.3. The number of nitrogens with zero attached hydrogens (tertiary/aromatic N) is 10. The van der Waals surface area contributed by atoms with Crippen molar-refractivity contribution >= 4 is 19.7 Å². The number of ether oxygens (including phenoxy) is 4. The van der Waals surface area contributed by atoms with Gasteiger partial charge in [-0.15, -0.1) is 11.5 Å². The van der Waals surface area contributed by atoms with Crippen LogP contribution < -0.4 is 18.9 Å². The van der Waals surface area contributed by atoms with Crippen LogP contribution in [0.4, 0.5) is 0 Å². The van der Waals surface area contributed by atoms with E-state index in [2.05, 4.69) is 46.2 Å². The first kappa shape index (κ1) is 44.8. The van der Waals surface area contributed by atoms with Crippen molar-refractivity contribution in [3.05, 3.63) is 108 Å². The molecule has 2 fully saturated rings. The molecule has 0 radical (unpaired) electrons. The third kappa shape index (κ3) is 14.8. The lowest BCUT2D eigenvalue weighted by molar-refractivity contribution is 0.118. The molecule has 20 heteroatoms. The van der Waals surface area contributed by atoms with Crippen molar-refractivity contribution in [2.24, 2.45) is 5.11 Å². The number of benzene rings is 2. The average Bonchev–Trinajstić information content (AvgIpc) is 3.73. The molecule has 5 aromatic rings. The highest BCUT2D eigenvalue weighted by Gasteiger charge is 2.25. The largest absolute Gasteiger partial charge is 0.487 e. The average molecular weight is 859 g/mol. The first-order valence-electron chi connectivity index (χ1n) is 19.0. The quantitative estimate of drug-likeness (QED) is 0.0556. The molecule has 18 nitrogen and oxygen atoms in total. The number of rotatable bonds is 13. The first-order valence-corrected chi connectivity index (χ1v) is 22.8. The molecule has 3 aromatic heterocycles. The zero-order chi connectivity index (χ0) is 42.8. The Bertz CT molecular complexity index is 2380. The van der Waals surface area contributed by atoms with Crippen LogP contribution in [0.3, 0.4) is 0 Å². The molecule has 0 atom stereocenters. The molecule has 2 aliphatic carbocycles. The molecule has 0 aliphatic heterocycles. The van der Waals surface area contributed by atoms with Crippen molar-refractivity contribution in [1.29, 1.82) is 0 Å². The third-order valence-corrected chi connectivity index (χ3v) is 11.5. The Labute approximate surface area is 349 Å². The first-order chi connectivity index (χ1) is 28.9. The van der Waals surface area contributed by atoms with E-state index in [4.69, 9.17) is 30.9 Å². The van der Waals surface area contributed by atoms with Crippen LogP contribution in [-0.2, 0) is 26.3 Å². The molecule has 316 valence electrons. The van der Waals surface area contributed by atoms with Crippen molar-refractivity contribution in [1.82, 2.24) is 34.9 Å². The molecule has 2 aliphatic rings. The minimum absolute atomic E-state index is 0.116. The van der Waals surface area contributed by atoms with Crippen LogP contribution >= 0.6 is 0 Å². The van der Waals surface area contributed by atoms with E-state index in [1.165, 1.54) is 30.5 Å². The molecular weight excluding hydrogens is 813 g/mol. The molecule has 0 N–H and O–H groups in total. The van der Waals surface area contributed by atoms with Crippen molar-refractivity contribution in [3.63, 3.8) is 0 Å². The second-order valence-corrected chi connectivity index (χ2v) is 17.9. The molecule has 2 saturated carbocycles. The summed E-state index contributed by atoms with van der Waals surface area (Å²) in [5, 5.41) is 12.2. The van der Waals surface area contributed by atoms with Crippen LogP contribution in [0.1, 0.15) is 63.1 Å². The van der Waals surface area contributed by atoms with Gasteiger partial charge >= 0.3 is 12.0 Å². The number of hydrogen-bond acceptors (Lipinski definition) is 15. The maximum absolute atomic E-state index is 11.5. The minimum atomic E-state index is -3.21. The molecule has 0 amide bonds. The summed E-state index contributed by atoms with van der Waals surface area (Å²) in [5.74, 6) is 3.47. The molecule has 0 saturated heterocycles. The summed E-state index contributed by atoms with van der Waals surface area (Å²) >= 11 is 0. The van der Waals surface area contributed by atoms with Crippen LogP contribution in [0.15, 0.2) is 107 Å². The Morgan fingerprint density at radius 1 is 0.733 bits per heavy atom. The van der Waals surface area contributed by atoms with Crippen LogP contribution in [0, 0.1) is 12.3 Å². The smallest absolute Gasteiger partial charge is 0.316 e. The van der Waals surface area contributed by atoms with Gasteiger partial charge in [0.15, 0.2) is 19.7 Å². The Morgan fingerprint density at radius 2 is 1.20 bits per heavy atom. The normalized spacial score (nSPS) is 18.7. The summed E-state index contributed by atoms with van der Waals surface area (Å²) in [6.07, 6.45) is 23.4. The van der Waals surface area contributed by atoms with E-state index < -0.39 is 19.7 Å². The zero-order valence-corrected chi connectivity index (χ0v) is 34.8. The molecular formula is C40H46N10O8S2. The van der Waals surface area contributed by atoms with E-state index in [9.17, 15) is 16.8 Å². The SMILES string of the molecule is C#CCOc1ccc(S(C)(=O)=O)cc1.CS(=O)(=O)c1ccc(OCc2cn(C3CCC(Oc4ncccn4)CC3)nn2)cc1.[N-]=[N+]=NC1CCC(Oc2ncccn2)CC1. The van der Waals surface area contributed by atoms with Gasteiger partial charge in [-0.3, -0.25) is 0 Å². The molecule has 3 heterocycles. The molecule has 0 bridgehead atoms. The molecule has 7 rings (SSSR count). The fraction of sp³-hybridized carbons (Fsp3) is 0.400. The highest BCUT2D eigenvalue weighted by molar-refractivity contribution is 7.91. The van der Waals surface area contributed by atoms with Gasteiger partial charge in [0.2, 0.25) is 0 Å². The predicted molar refractivity (Wildman–Crippen MR) is 220 cm³/mol. The number of azide groups is 1. The second-order valence-electron chi connectivity index (χ2n) is 13.8. The van der Waals surface area contributed by atoms with Gasteiger partial charge in [-0.2, -0.15) is 0 Å². The Morgan fingerprint density at radius 3 is 1.65 bits per heavy atom. The van der Waals surface area contributed by atoms with Gasteiger partial charge < -0.3 is 18.9 Å². The van der Waals surface area contributed by atoms with E-state index in [-0.39, 0.29) is 47.3 Å². The summed E-state index contributed by atoms with van der Waals surface area (Å²) in [6, 6.07) is 17.2. The van der Waals surface area contributed by atoms with Crippen molar-refractivity contribution < 1.29 is 35.8 Å². The topological polar surface area (TPSA) is 236 Å².